The fourth-order valence-electron chi connectivity index (χ4n) is 2.75. The van der Waals surface area contributed by atoms with Gasteiger partial charge in [-0.15, -0.1) is 0 Å². The SMILES string of the molecule is CC(C)(C)CCc1ccc(C(=O)CCC(F)(F)C(F)(F)C(F)(F)C(F)(F)C(F)(F)C(F)(F)F)cc1. The first kappa shape index (κ1) is 31.0. The minimum atomic E-state index is -7.95. The first-order valence-electron chi connectivity index (χ1n) is 9.90. The quantitative estimate of drug-likeness (QED) is 0.217. The Hall–Kier alpha value is -2.02. The van der Waals surface area contributed by atoms with Crippen LogP contribution in [-0.2, 0) is 6.42 Å². The lowest BCUT2D eigenvalue weighted by Gasteiger charge is -2.39. The highest BCUT2D eigenvalue weighted by Crippen LogP contribution is 2.60. The molecule has 1 aromatic rings. The van der Waals surface area contributed by atoms with Crippen molar-refractivity contribution in [2.45, 2.75) is 82.2 Å². The molecule has 1 rings (SSSR count). The molecule has 0 atom stereocenters. The van der Waals surface area contributed by atoms with Gasteiger partial charge in [0.15, 0.2) is 5.78 Å². The summed E-state index contributed by atoms with van der Waals surface area (Å²) in [6.45, 7) is 5.85. The molecule has 202 valence electrons. The summed E-state index contributed by atoms with van der Waals surface area (Å²) in [6.07, 6.45) is -10.3. The monoisotopic (exact) mass is 536 g/mol. The lowest BCUT2D eigenvalue weighted by Crippen LogP contribution is -2.70. The third-order valence-corrected chi connectivity index (χ3v) is 5.10. The molecule has 0 aliphatic carbocycles. The number of hydrogen-bond acceptors (Lipinski definition) is 1. The van der Waals surface area contributed by atoms with E-state index < -0.39 is 54.4 Å². The highest BCUT2D eigenvalue weighted by Gasteiger charge is 2.90. The predicted molar refractivity (Wildman–Crippen MR) is 98.6 cm³/mol. The molecule has 0 N–H and O–H groups in total. The zero-order valence-corrected chi connectivity index (χ0v) is 18.5. The summed E-state index contributed by atoms with van der Waals surface area (Å²) in [5.41, 5.74) is 0.332. The van der Waals surface area contributed by atoms with Crippen molar-refractivity contribution in [3.8, 4) is 0 Å². The van der Waals surface area contributed by atoms with E-state index in [1.807, 2.05) is 20.8 Å². The molecule has 35 heavy (non-hydrogen) atoms. The van der Waals surface area contributed by atoms with E-state index in [0.717, 1.165) is 12.1 Å². The number of hydrogen-bond donors (Lipinski definition) is 0. The zero-order chi connectivity index (χ0) is 27.9. The van der Waals surface area contributed by atoms with Crippen LogP contribution in [0.5, 0.6) is 0 Å². The predicted octanol–water partition coefficient (Wildman–Crippen LogP) is 8.37. The second-order valence-electron chi connectivity index (χ2n) is 9.18. The second kappa shape index (κ2) is 9.45. The van der Waals surface area contributed by atoms with Crippen molar-refractivity contribution in [1.82, 2.24) is 0 Å². The topological polar surface area (TPSA) is 17.1 Å². The molecule has 0 bridgehead atoms. The van der Waals surface area contributed by atoms with Gasteiger partial charge in [-0.05, 0) is 23.8 Å². The van der Waals surface area contributed by atoms with Crippen LogP contribution in [0.25, 0.3) is 0 Å². The lowest BCUT2D eigenvalue weighted by atomic mass is 9.88. The second-order valence-corrected chi connectivity index (χ2v) is 9.18. The summed E-state index contributed by atoms with van der Waals surface area (Å²) >= 11 is 0. The Bertz CT molecular complexity index is 878. The highest BCUT2D eigenvalue weighted by molar-refractivity contribution is 5.96. The molecular weight excluding hydrogens is 515 g/mol. The molecule has 14 heteroatoms. The van der Waals surface area contributed by atoms with Gasteiger partial charge in [-0.25, -0.2) is 0 Å². The number of halogens is 13. The molecule has 0 aliphatic heterocycles. The maximum Gasteiger partial charge on any atom is 0.460 e. The summed E-state index contributed by atoms with van der Waals surface area (Å²) in [7, 11) is 0. The largest absolute Gasteiger partial charge is 0.460 e. The molecule has 1 nitrogen and oxygen atoms in total. The van der Waals surface area contributed by atoms with Gasteiger partial charge in [0.25, 0.3) is 0 Å². The van der Waals surface area contributed by atoms with Crippen LogP contribution < -0.4 is 0 Å². The van der Waals surface area contributed by atoms with Gasteiger partial charge < -0.3 is 0 Å². The van der Waals surface area contributed by atoms with Crippen LogP contribution in [0.4, 0.5) is 57.1 Å². The number of Topliss-reactive ketones (excluding diaryl/α,β-unsaturated/α-hetero) is 1. The maximum absolute atomic E-state index is 13.8. The molecule has 0 heterocycles. The van der Waals surface area contributed by atoms with Crippen LogP contribution >= 0.6 is 0 Å². The van der Waals surface area contributed by atoms with Crippen molar-refractivity contribution < 1.29 is 61.9 Å². The Balaban J connectivity index is 3.05. The number of benzene rings is 1. The summed E-state index contributed by atoms with van der Waals surface area (Å²) in [5.74, 6) is -38.5. The van der Waals surface area contributed by atoms with Crippen LogP contribution in [0.3, 0.4) is 0 Å². The molecule has 0 spiro atoms. The van der Waals surface area contributed by atoms with Gasteiger partial charge in [0.2, 0.25) is 0 Å². The molecule has 0 aliphatic rings. The third kappa shape index (κ3) is 6.04. The molecule has 0 aromatic heterocycles. The number of carbonyl (C=O) groups is 1. The van der Waals surface area contributed by atoms with E-state index in [9.17, 15) is 61.9 Å². The van der Waals surface area contributed by atoms with Crippen molar-refractivity contribution in [3.63, 3.8) is 0 Å². The van der Waals surface area contributed by atoms with E-state index in [1.165, 1.54) is 12.1 Å². The Morgan fingerprint density at radius 1 is 0.629 bits per heavy atom. The minimum absolute atomic E-state index is 0.0474. The van der Waals surface area contributed by atoms with Crippen molar-refractivity contribution in [1.29, 1.82) is 0 Å². The minimum Gasteiger partial charge on any atom is -0.294 e. The van der Waals surface area contributed by atoms with Crippen LogP contribution in [0.1, 0.15) is 56.0 Å². The van der Waals surface area contributed by atoms with Crippen molar-refractivity contribution >= 4 is 5.78 Å². The highest BCUT2D eigenvalue weighted by atomic mass is 19.4. The lowest BCUT2D eigenvalue weighted by molar-refractivity contribution is -0.440. The molecular formula is C21H21F13O. The van der Waals surface area contributed by atoms with Gasteiger partial charge in [-0.1, -0.05) is 45.0 Å². The van der Waals surface area contributed by atoms with Gasteiger partial charge in [-0.2, -0.15) is 57.1 Å². The van der Waals surface area contributed by atoms with Gasteiger partial charge in [0.1, 0.15) is 0 Å². The Kier molecular flexibility index (Phi) is 8.38. The van der Waals surface area contributed by atoms with Crippen molar-refractivity contribution in [2.75, 3.05) is 0 Å². The molecule has 0 amide bonds. The number of ketones is 1. The molecule has 1 aromatic carbocycles. The molecule has 0 radical (unpaired) electrons. The van der Waals surface area contributed by atoms with Gasteiger partial charge in [0, 0.05) is 18.4 Å². The van der Waals surface area contributed by atoms with Crippen LogP contribution in [0.2, 0.25) is 0 Å². The van der Waals surface area contributed by atoms with Crippen LogP contribution in [0, 0.1) is 5.41 Å². The average Bonchev–Trinajstić information content (AvgIpc) is 2.69. The van der Waals surface area contributed by atoms with Gasteiger partial charge >= 0.3 is 35.8 Å². The first-order chi connectivity index (χ1) is 15.3. The third-order valence-electron chi connectivity index (χ3n) is 5.10. The number of carbonyl (C=O) groups excluding carboxylic acids is 1. The van der Waals surface area contributed by atoms with E-state index >= 15 is 0 Å². The average molecular weight is 536 g/mol. The molecule has 0 saturated carbocycles. The summed E-state index contributed by atoms with van der Waals surface area (Å²) < 4.78 is 170. The number of aryl methyl sites for hydroxylation is 1. The standard InChI is InChI=1S/C21H21F13O/c1-15(2,3)10-8-12-4-6-13(7-5-12)14(35)9-11-16(22,23)17(24,25)18(26,27)19(28,29)20(30,31)21(32,33)34/h4-7H,8-11H2,1-3H3. The van der Waals surface area contributed by atoms with Gasteiger partial charge in [0.05, 0.1) is 0 Å². The smallest absolute Gasteiger partial charge is 0.294 e. The summed E-state index contributed by atoms with van der Waals surface area (Å²) in [5, 5.41) is 0. The summed E-state index contributed by atoms with van der Waals surface area (Å²) in [4.78, 5) is 12.0. The number of rotatable bonds is 10. The maximum atomic E-state index is 13.8. The normalized spacial score (nSPS) is 14.9. The zero-order valence-electron chi connectivity index (χ0n) is 18.5. The van der Waals surface area contributed by atoms with E-state index in [0.29, 0.717) is 18.4 Å². The van der Waals surface area contributed by atoms with Crippen LogP contribution in [0.15, 0.2) is 24.3 Å². The molecule has 0 unspecified atom stereocenters. The first-order valence-corrected chi connectivity index (χ1v) is 9.90. The fraction of sp³-hybridized carbons (Fsp3) is 0.667. The Labute approximate surface area is 191 Å². The molecule has 0 saturated heterocycles. The molecule has 0 fully saturated rings. The van der Waals surface area contributed by atoms with Crippen molar-refractivity contribution in [2.24, 2.45) is 5.41 Å². The Morgan fingerprint density at radius 3 is 1.46 bits per heavy atom. The van der Waals surface area contributed by atoms with E-state index in [1.54, 1.807) is 0 Å². The van der Waals surface area contributed by atoms with Gasteiger partial charge in [-0.3, -0.25) is 4.79 Å². The Morgan fingerprint density at radius 2 is 1.06 bits per heavy atom. The number of alkyl halides is 13. The van der Waals surface area contributed by atoms with E-state index in [4.69, 9.17) is 0 Å². The fourth-order valence-corrected chi connectivity index (χ4v) is 2.75. The summed E-state index contributed by atoms with van der Waals surface area (Å²) in [6, 6.07) is 5.03. The van der Waals surface area contributed by atoms with E-state index in [-0.39, 0.29) is 11.0 Å². The van der Waals surface area contributed by atoms with Crippen LogP contribution in [-0.4, -0.2) is 41.6 Å². The van der Waals surface area contributed by atoms with Crippen molar-refractivity contribution in [3.05, 3.63) is 35.4 Å². The van der Waals surface area contributed by atoms with E-state index in [2.05, 4.69) is 0 Å².